The third kappa shape index (κ3) is 6.09. The minimum Gasteiger partial charge on any atom is -0.368 e. The second-order valence-corrected chi connectivity index (χ2v) is 7.84. The number of carbonyl (C=O) groups is 1. The van der Waals surface area contributed by atoms with Gasteiger partial charge in [-0.2, -0.15) is 15.0 Å². The average molecular weight is 387 g/mol. The molecular weight excluding hydrogens is 360 g/mol. The highest BCUT2D eigenvalue weighted by molar-refractivity contribution is 7.99. The third-order valence-corrected chi connectivity index (χ3v) is 5.58. The monoisotopic (exact) mass is 386 g/mol. The Morgan fingerprint density at radius 1 is 1.19 bits per heavy atom. The van der Waals surface area contributed by atoms with Crippen LogP contribution in [0.25, 0.3) is 0 Å². The zero-order valence-electron chi connectivity index (χ0n) is 15.5. The lowest BCUT2D eigenvalue weighted by Crippen LogP contribution is -2.41. The molecule has 0 spiro atoms. The Morgan fingerprint density at radius 3 is 2.74 bits per heavy atom. The van der Waals surface area contributed by atoms with Crippen molar-refractivity contribution in [3.63, 3.8) is 0 Å². The number of aromatic nitrogens is 3. The number of benzene rings is 1. The summed E-state index contributed by atoms with van der Waals surface area (Å²) in [5.41, 5.74) is 6.67. The lowest BCUT2D eigenvalue weighted by atomic mass is 9.86. The molecule has 7 nitrogen and oxygen atoms in total. The Bertz CT molecular complexity index is 757. The number of amides is 1. The quantitative estimate of drug-likeness (QED) is 0.671. The van der Waals surface area contributed by atoms with Crippen molar-refractivity contribution in [1.29, 1.82) is 0 Å². The third-order valence-electron chi connectivity index (χ3n) is 4.65. The van der Waals surface area contributed by atoms with Gasteiger partial charge in [-0.25, -0.2) is 0 Å². The van der Waals surface area contributed by atoms with Crippen molar-refractivity contribution in [3.8, 4) is 0 Å². The summed E-state index contributed by atoms with van der Waals surface area (Å²) in [5, 5.41) is 6.27. The van der Waals surface area contributed by atoms with Gasteiger partial charge in [0.05, 0.1) is 11.5 Å². The van der Waals surface area contributed by atoms with Gasteiger partial charge < -0.3 is 16.4 Å². The molecule has 27 heavy (non-hydrogen) atoms. The molecule has 2 aromatic rings. The topological polar surface area (TPSA) is 106 Å². The summed E-state index contributed by atoms with van der Waals surface area (Å²) in [5.74, 6) is 2.65. The van der Waals surface area contributed by atoms with E-state index in [4.69, 9.17) is 5.73 Å². The number of nitrogens with one attached hydrogen (secondary N) is 2. The van der Waals surface area contributed by atoms with E-state index in [1.165, 1.54) is 31.0 Å². The first kappa shape index (κ1) is 19.4. The Kier molecular flexibility index (Phi) is 6.86. The Labute approximate surface area is 164 Å². The summed E-state index contributed by atoms with van der Waals surface area (Å²) >= 11 is 1.48. The van der Waals surface area contributed by atoms with Crippen LogP contribution in [-0.4, -0.2) is 32.7 Å². The first-order valence-corrected chi connectivity index (χ1v) is 10.5. The van der Waals surface area contributed by atoms with Crippen molar-refractivity contribution >= 4 is 35.3 Å². The molecule has 1 heterocycles. The summed E-state index contributed by atoms with van der Waals surface area (Å²) in [6, 6.07) is 9.94. The number of nitrogens with zero attached hydrogens (tertiary/aromatic N) is 3. The van der Waals surface area contributed by atoms with E-state index in [1.54, 1.807) is 0 Å². The van der Waals surface area contributed by atoms with Crippen molar-refractivity contribution < 1.29 is 4.79 Å². The molecule has 8 heteroatoms. The molecule has 0 bridgehead atoms. The maximum atomic E-state index is 12.2. The maximum absolute atomic E-state index is 12.2. The van der Waals surface area contributed by atoms with Crippen molar-refractivity contribution in [2.75, 3.05) is 16.8 Å². The van der Waals surface area contributed by atoms with E-state index in [9.17, 15) is 4.79 Å². The van der Waals surface area contributed by atoms with E-state index in [1.807, 2.05) is 30.3 Å². The van der Waals surface area contributed by atoms with E-state index in [-0.39, 0.29) is 11.9 Å². The normalized spacial score (nSPS) is 19.4. The summed E-state index contributed by atoms with van der Waals surface area (Å²) in [4.78, 5) is 24.9. The Morgan fingerprint density at radius 2 is 1.96 bits per heavy atom. The van der Waals surface area contributed by atoms with E-state index in [0.717, 1.165) is 12.1 Å². The number of rotatable bonds is 7. The van der Waals surface area contributed by atoms with Gasteiger partial charge in [-0.3, -0.25) is 4.79 Å². The fourth-order valence-electron chi connectivity index (χ4n) is 3.22. The fraction of sp³-hybridized carbons (Fsp3) is 0.474. The van der Waals surface area contributed by atoms with Crippen molar-refractivity contribution in [2.24, 2.45) is 5.92 Å². The lowest BCUT2D eigenvalue weighted by molar-refractivity contribution is -0.119. The van der Waals surface area contributed by atoms with Crippen LogP contribution in [0.3, 0.4) is 0 Å². The first-order chi connectivity index (χ1) is 13.1. The molecule has 1 aromatic heterocycles. The van der Waals surface area contributed by atoms with Gasteiger partial charge in [-0.1, -0.05) is 38.0 Å². The summed E-state index contributed by atoms with van der Waals surface area (Å²) < 4.78 is 0. The summed E-state index contributed by atoms with van der Waals surface area (Å²) in [6.07, 6.45) is 4.74. The number of para-hydroxylation sites is 1. The van der Waals surface area contributed by atoms with Gasteiger partial charge in [0.1, 0.15) is 5.82 Å². The van der Waals surface area contributed by atoms with Crippen LogP contribution in [0.2, 0.25) is 0 Å². The Hall–Kier alpha value is -2.35. The van der Waals surface area contributed by atoms with E-state index >= 15 is 0 Å². The lowest BCUT2D eigenvalue weighted by Gasteiger charge is -2.29. The Balaban J connectivity index is 1.49. The van der Waals surface area contributed by atoms with E-state index in [0.29, 0.717) is 35.2 Å². The second-order valence-electron chi connectivity index (χ2n) is 6.85. The number of carbonyl (C=O) groups excluding carboxylic acids is 1. The molecule has 1 saturated carbocycles. The van der Waals surface area contributed by atoms with Gasteiger partial charge in [0.2, 0.25) is 17.8 Å². The molecule has 0 radical (unpaired) electrons. The van der Waals surface area contributed by atoms with Crippen LogP contribution < -0.4 is 16.4 Å². The largest absolute Gasteiger partial charge is 0.368 e. The summed E-state index contributed by atoms with van der Waals surface area (Å²) in [7, 11) is 0. The highest BCUT2D eigenvalue weighted by Gasteiger charge is 2.22. The van der Waals surface area contributed by atoms with Gasteiger partial charge in [0, 0.05) is 11.7 Å². The highest BCUT2D eigenvalue weighted by Crippen LogP contribution is 2.24. The van der Waals surface area contributed by atoms with E-state index in [2.05, 4.69) is 32.5 Å². The van der Waals surface area contributed by atoms with Crippen molar-refractivity contribution in [3.05, 3.63) is 36.2 Å². The maximum Gasteiger partial charge on any atom is 0.232 e. The molecule has 0 saturated heterocycles. The first-order valence-electron chi connectivity index (χ1n) is 9.30. The van der Waals surface area contributed by atoms with Crippen LogP contribution in [0, 0.1) is 5.92 Å². The van der Waals surface area contributed by atoms with Crippen LogP contribution >= 0.6 is 11.8 Å². The predicted molar refractivity (Wildman–Crippen MR) is 110 cm³/mol. The summed E-state index contributed by atoms with van der Waals surface area (Å²) in [6.45, 7) is 2.21. The minimum absolute atomic E-state index is 0.0726. The molecule has 1 aliphatic carbocycles. The van der Waals surface area contributed by atoms with Gasteiger partial charge in [0.25, 0.3) is 0 Å². The second kappa shape index (κ2) is 9.55. The van der Waals surface area contributed by atoms with Crippen molar-refractivity contribution in [2.45, 2.75) is 44.4 Å². The van der Waals surface area contributed by atoms with Gasteiger partial charge in [0.15, 0.2) is 0 Å². The number of thioether (sulfide) groups is 1. The number of anilines is 3. The minimum atomic E-state index is 0.0726. The molecule has 2 unspecified atom stereocenters. The van der Waals surface area contributed by atoms with Gasteiger partial charge in [-0.15, -0.1) is 11.8 Å². The van der Waals surface area contributed by atoms with Crippen LogP contribution in [-0.2, 0) is 10.5 Å². The number of hydrogen-bond donors (Lipinski definition) is 3. The number of nitrogen functional groups attached to an aromatic ring is 1. The number of nitrogens with two attached hydrogens (primary N) is 1. The molecular formula is C19H26N6OS. The molecule has 1 aliphatic rings. The zero-order chi connectivity index (χ0) is 19.1. The molecule has 3 rings (SSSR count). The molecule has 4 N–H and O–H groups in total. The molecule has 1 amide bonds. The molecule has 144 valence electrons. The molecule has 1 aromatic carbocycles. The predicted octanol–water partition coefficient (Wildman–Crippen LogP) is 3.13. The van der Waals surface area contributed by atoms with E-state index < -0.39 is 0 Å². The molecule has 0 aliphatic heterocycles. The van der Waals surface area contributed by atoms with Crippen molar-refractivity contribution in [1.82, 2.24) is 20.3 Å². The van der Waals surface area contributed by atoms with Crippen LogP contribution in [0.4, 0.5) is 17.6 Å². The molecule has 1 fully saturated rings. The SMILES string of the molecule is CC1CCCCC1NC(=O)CSCc1nc(N)nc(Nc2ccccc2)n1. The van der Waals surface area contributed by atoms with Gasteiger partial charge >= 0.3 is 0 Å². The number of hydrogen-bond acceptors (Lipinski definition) is 7. The average Bonchev–Trinajstić information content (AvgIpc) is 2.64. The molecule has 2 atom stereocenters. The zero-order valence-corrected chi connectivity index (χ0v) is 16.3. The smallest absolute Gasteiger partial charge is 0.232 e. The van der Waals surface area contributed by atoms with Crippen LogP contribution in [0.15, 0.2) is 30.3 Å². The fourth-order valence-corrected chi connectivity index (χ4v) is 3.91. The van der Waals surface area contributed by atoms with Crippen LogP contribution in [0.1, 0.15) is 38.4 Å². The standard InChI is InChI=1S/C19H26N6OS/c1-13-7-5-6-10-15(13)22-17(26)12-27-11-16-23-18(20)25-19(24-16)21-14-8-3-2-4-9-14/h2-4,8-9,13,15H,5-7,10-12H2,1H3,(H,22,26)(H3,20,21,23,24,25). The van der Waals surface area contributed by atoms with Crippen LogP contribution in [0.5, 0.6) is 0 Å². The van der Waals surface area contributed by atoms with Gasteiger partial charge in [-0.05, 0) is 30.9 Å². The highest BCUT2D eigenvalue weighted by atomic mass is 32.2.